The van der Waals surface area contributed by atoms with Gasteiger partial charge in [0.15, 0.2) is 0 Å². The molecular formula is C8H8N2O. The summed E-state index contributed by atoms with van der Waals surface area (Å²) in [5, 5.41) is 1.54. The van der Waals surface area contributed by atoms with E-state index in [1.165, 1.54) is 6.33 Å². The molecule has 0 atom stereocenters. The van der Waals surface area contributed by atoms with Gasteiger partial charge in [-0.2, -0.15) is 0 Å². The van der Waals surface area contributed by atoms with Crippen molar-refractivity contribution in [2.75, 3.05) is 0 Å². The topological polar surface area (TPSA) is 45.8 Å². The van der Waals surface area contributed by atoms with E-state index in [2.05, 4.69) is 9.97 Å². The van der Waals surface area contributed by atoms with Gasteiger partial charge < -0.3 is 4.98 Å². The average Bonchev–Trinajstić information content (AvgIpc) is 2.06. The quantitative estimate of drug-likeness (QED) is 0.519. The first kappa shape index (κ1) is 6.34. The van der Waals surface area contributed by atoms with Crippen LogP contribution >= 0.6 is 0 Å². The van der Waals surface area contributed by atoms with Gasteiger partial charge in [0.05, 0.1) is 16.9 Å². The second-order valence-corrected chi connectivity index (χ2v) is 2.52. The minimum absolute atomic E-state index is 0.0362. The summed E-state index contributed by atoms with van der Waals surface area (Å²) >= 11 is 0. The van der Waals surface area contributed by atoms with Crippen LogP contribution in [-0.4, -0.2) is 9.97 Å². The molecule has 1 aliphatic rings. The highest BCUT2D eigenvalue weighted by atomic mass is 16.1. The number of rotatable bonds is 0. The Balaban J connectivity index is 3.00. The van der Waals surface area contributed by atoms with E-state index in [4.69, 9.17) is 0 Å². The lowest BCUT2D eigenvalue weighted by Crippen LogP contribution is -2.43. The van der Waals surface area contributed by atoms with Crippen LogP contribution in [-0.2, 0) is 0 Å². The maximum absolute atomic E-state index is 11.1. The molecule has 0 spiro atoms. The number of nitrogens with zero attached hydrogens (tertiary/aromatic N) is 1. The van der Waals surface area contributed by atoms with E-state index < -0.39 is 0 Å². The number of hydrogen-bond acceptors (Lipinski definition) is 2. The standard InChI is InChI=1S/C8H8N2O/c11-8-6-3-1-2-4-7(6)9-5-10-8/h3-5H,1-2H2,(H,9,10,11). The molecule has 0 radical (unpaired) electrons. The zero-order valence-corrected chi connectivity index (χ0v) is 6.00. The normalized spacial score (nSPS) is 14.5. The first-order valence-electron chi connectivity index (χ1n) is 3.62. The highest BCUT2D eigenvalue weighted by molar-refractivity contribution is 5.33. The van der Waals surface area contributed by atoms with Crippen molar-refractivity contribution in [3.8, 4) is 0 Å². The van der Waals surface area contributed by atoms with Gasteiger partial charge in [0.2, 0.25) is 0 Å². The molecule has 1 N–H and O–H groups in total. The van der Waals surface area contributed by atoms with Crippen molar-refractivity contribution in [3.63, 3.8) is 0 Å². The Hall–Kier alpha value is -1.38. The predicted octanol–water partition coefficient (Wildman–Crippen LogP) is -0.875. The Labute approximate surface area is 63.1 Å². The van der Waals surface area contributed by atoms with Crippen LogP contribution in [0.5, 0.6) is 0 Å². The summed E-state index contributed by atoms with van der Waals surface area (Å²) in [5.74, 6) is 0. The Bertz CT molecular complexity index is 430. The highest BCUT2D eigenvalue weighted by Crippen LogP contribution is 1.91. The Morgan fingerprint density at radius 2 is 2.18 bits per heavy atom. The van der Waals surface area contributed by atoms with Crippen LogP contribution in [0, 0.1) is 0 Å². The molecule has 3 nitrogen and oxygen atoms in total. The minimum Gasteiger partial charge on any atom is -0.313 e. The summed E-state index contributed by atoms with van der Waals surface area (Å²) in [5.41, 5.74) is -0.0362. The monoisotopic (exact) mass is 148 g/mol. The van der Waals surface area contributed by atoms with Crippen molar-refractivity contribution in [1.29, 1.82) is 0 Å². The second kappa shape index (κ2) is 2.34. The molecule has 1 aromatic rings. The smallest absolute Gasteiger partial charge is 0.258 e. The Morgan fingerprint density at radius 1 is 1.36 bits per heavy atom. The van der Waals surface area contributed by atoms with Crippen LogP contribution in [0.15, 0.2) is 11.1 Å². The highest BCUT2D eigenvalue weighted by Gasteiger charge is 1.95. The first-order valence-corrected chi connectivity index (χ1v) is 3.62. The fraction of sp³-hybridized carbons (Fsp3) is 0.250. The predicted molar refractivity (Wildman–Crippen MR) is 42.3 cm³/mol. The summed E-state index contributed by atoms with van der Waals surface area (Å²) in [6, 6.07) is 0. The number of aromatic nitrogens is 2. The van der Waals surface area contributed by atoms with Crippen LogP contribution < -0.4 is 16.1 Å². The van der Waals surface area contributed by atoms with Gasteiger partial charge in [-0.25, -0.2) is 4.98 Å². The molecule has 0 saturated carbocycles. The van der Waals surface area contributed by atoms with Gasteiger partial charge in [-0.1, -0.05) is 12.2 Å². The van der Waals surface area contributed by atoms with E-state index in [1.807, 2.05) is 12.2 Å². The third kappa shape index (κ3) is 0.981. The number of fused-ring (bicyclic) bond motifs is 1. The van der Waals surface area contributed by atoms with Crippen LogP contribution in [0.4, 0.5) is 0 Å². The van der Waals surface area contributed by atoms with Crippen molar-refractivity contribution in [1.82, 2.24) is 9.97 Å². The molecule has 56 valence electrons. The lowest BCUT2D eigenvalue weighted by atomic mass is 10.2. The lowest BCUT2D eigenvalue weighted by molar-refractivity contribution is 1.00. The molecule has 1 aliphatic carbocycles. The SMILES string of the molecule is O=c1[nH]cnc2c1=CCCC=2. The van der Waals surface area contributed by atoms with E-state index in [1.54, 1.807) is 0 Å². The third-order valence-corrected chi connectivity index (χ3v) is 1.77. The van der Waals surface area contributed by atoms with Crippen molar-refractivity contribution in [3.05, 3.63) is 27.2 Å². The lowest BCUT2D eigenvalue weighted by Gasteiger charge is -1.95. The first-order chi connectivity index (χ1) is 5.38. The molecule has 1 heterocycles. The Kier molecular flexibility index (Phi) is 1.35. The van der Waals surface area contributed by atoms with Gasteiger partial charge >= 0.3 is 0 Å². The van der Waals surface area contributed by atoms with E-state index in [0.29, 0.717) is 0 Å². The molecule has 0 aromatic carbocycles. The summed E-state index contributed by atoms with van der Waals surface area (Å²) in [4.78, 5) is 17.7. The van der Waals surface area contributed by atoms with E-state index in [0.717, 1.165) is 23.4 Å². The van der Waals surface area contributed by atoms with Crippen LogP contribution in [0.2, 0.25) is 0 Å². The molecule has 0 bridgehead atoms. The van der Waals surface area contributed by atoms with Gasteiger partial charge in [0.25, 0.3) is 5.56 Å². The maximum Gasteiger partial charge on any atom is 0.258 e. The van der Waals surface area contributed by atoms with Gasteiger partial charge in [0, 0.05) is 0 Å². The van der Waals surface area contributed by atoms with Crippen molar-refractivity contribution < 1.29 is 0 Å². The molecule has 0 unspecified atom stereocenters. The summed E-state index contributed by atoms with van der Waals surface area (Å²) in [7, 11) is 0. The molecule has 0 fully saturated rings. The second-order valence-electron chi connectivity index (χ2n) is 2.52. The van der Waals surface area contributed by atoms with E-state index in [9.17, 15) is 4.79 Å². The van der Waals surface area contributed by atoms with Gasteiger partial charge in [-0.3, -0.25) is 4.79 Å². The molecule has 11 heavy (non-hydrogen) atoms. The van der Waals surface area contributed by atoms with Crippen molar-refractivity contribution in [2.24, 2.45) is 0 Å². The largest absolute Gasteiger partial charge is 0.313 e. The van der Waals surface area contributed by atoms with Gasteiger partial charge in [0.1, 0.15) is 0 Å². The van der Waals surface area contributed by atoms with Gasteiger partial charge in [-0.05, 0) is 12.8 Å². The molecule has 0 aliphatic heterocycles. The van der Waals surface area contributed by atoms with Gasteiger partial charge in [-0.15, -0.1) is 0 Å². The van der Waals surface area contributed by atoms with Crippen LogP contribution in [0.1, 0.15) is 12.8 Å². The number of hydrogen-bond donors (Lipinski definition) is 1. The van der Waals surface area contributed by atoms with Crippen molar-refractivity contribution in [2.45, 2.75) is 12.8 Å². The van der Waals surface area contributed by atoms with E-state index in [-0.39, 0.29) is 5.56 Å². The molecule has 1 aromatic heterocycles. The summed E-state index contributed by atoms with van der Waals surface area (Å²) in [6.07, 6.45) is 7.30. The summed E-state index contributed by atoms with van der Waals surface area (Å²) in [6.45, 7) is 0. The minimum atomic E-state index is -0.0362. The maximum atomic E-state index is 11.1. The molecule has 0 amide bonds. The van der Waals surface area contributed by atoms with Crippen LogP contribution in [0.3, 0.4) is 0 Å². The van der Waals surface area contributed by atoms with Crippen molar-refractivity contribution >= 4 is 12.2 Å². The molecule has 0 saturated heterocycles. The average molecular weight is 148 g/mol. The summed E-state index contributed by atoms with van der Waals surface area (Å²) < 4.78 is 0. The fourth-order valence-corrected chi connectivity index (χ4v) is 1.23. The molecule has 3 heteroatoms. The zero-order chi connectivity index (χ0) is 7.68. The zero-order valence-electron chi connectivity index (χ0n) is 6.00. The fourth-order valence-electron chi connectivity index (χ4n) is 1.23. The molecule has 2 rings (SSSR count). The van der Waals surface area contributed by atoms with Crippen LogP contribution in [0.25, 0.3) is 12.2 Å². The Morgan fingerprint density at radius 3 is 3.00 bits per heavy atom. The van der Waals surface area contributed by atoms with E-state index >= 15 is 0 Å². The number of nitrogens with one attached hydrogen (secondary N) is 1. The number of aromatic amines is 1. The third-order valence-electron chi connectivity index (χ3n) is 1.77. The molecular weight excluding hydrogens is 140 g/mol. The number of H-pyrrole nitrogens is 1.